The molecule has 2 aromatic rings. The lowest BCUT2D eigenvalue weighted by Crippen LogP contribution is -2.11. The Labute approximate surface area is 162 Å². The summed E-state index contributed by atoms with van der Waals surface area (Å²) >= 11 is 0. The third-order valence-corrected chi connectivity index (χ3v) is 4.63. The van der Waals surface area contributed by atoms with Crippen LogP contribution in [-0.2, 0) is 6.54 Å². The quantitative estimate of drug-likeness (QED) is 0.189. The highest BCUT2D eigenvalue weighted by atomic mass is 35.5. The van der Waals surface area contributed by atoms with Crippen LogP contribution >= 0.6 is 12.4 Å². The molecule has 4 rings (SSSR count). The van der Waals surface area contributed by atoms with Crippen molar-refractivity contribution in [3.05, 3.63) is 82.5 Å². The van der Waals surface area contributed by atoms with E-state index in [0.717, 1.165) is 39.8 Å². The van der Waals surface area contributed by atoms with Gasteiger partial charge >= 0.3 is 0 Å². The maximum Gasteiger partial charge on any atom is 0.0564 e. The van der Waals surface area contributed by atoms with Gasteiger partial charge in [-0.2, -0.15) is 0 Å². The second kappa shape index (κ2) is 7.54. The number of halogens is 1. The molecule has 0 fully saturated rings. The number of nitrogens with zero attached hydrogens (tertiary/aromatic N) is 4. The summed E-state index contributed by atoms with van der Waals surface area (Å²) in [6, 6.07) is 21.7. The summed E-state index contributed by atoms with van der Waals surface area (Å²) in [7, 11) is 0. The minimum Gasteiger partial charge on any atom is -0.340 e. The van der Waals surface area contributed by atoms with E-state index in [2.05, 4.69) is 33.6 Å². The van der Waals surface area contributed by atoms with Crippen LogP contribution in [0.15, 0.2) is 71.8 Å². The highest BCUT2D eigenvalue weighted by molar-refractivity contribution is 6.05. The second-order valence-corrected chi connectivity index (χ2v) is 6.11. The third kappa shape index (κ3) is 3.14. The number of hydrogen-bond acceptors (Lipinski definition) is 2. The maximum atomic E-state index is 8.81. The van der Waals surface area contributed by atoms with E-state index in [1.807, 2.05) is 54.6 Å². The Morgan fingerprint density at radius 1 is 1.00 bits per heavy atom. The van der Waals surface area contributed by atoms with Gasteiger partial charge in [0.2, 0.25) is 0 Å². The second-order valence-electron chi connectivity index (χ2n) is 6.11. The first-order chi connectivity index (χ1) is 12.7. The van der Waals surface area contributed by atoms with Crippen LogP contribution in [0, 0.1) is 5.41 Å². The number of rotatable bonds is 3. The van der Waals surface area contributed by atoms with Crippen molar-refractivity contribution < 1.29 is 0 Å². The van der Waals surface area contributed by atoms with Crippen molar-refractivity contribution in [2.75, 3.05) is 0 Å². The summed E-state index contributed by atoms with van der Waals surface area (Å²) in [6.45, 7) is 2.87. The monoisotopic (exact) mass is 375 g/mol. The summed E-state index contributed by atoms with van der Waals surface area (Å²) < 4.78 is 2.23. The minimum absolute atomic E-state index is 0. The van der Waals surface area contributed by atoms with Crippen LogP contribution in [0.2, 0.25) is 0 Å². The van der Waals surface area contributed by atoms with Crippen molar-refractivity contribution in [1.29, 1.82) is 5.41 Å². The lowest BCUT2D eigenvalue weighted by Gasteiger charge is -2.23. The summed E-state index contributed by atoms with van der Waals surface area (Å²) in [6.07, 6.45) is 0. The Bertz CT molecular complexity index is 1190. The minimum atomic E-state index is 0. The number of nitrogens with one attached hydrogen (secondary N) is 1. The van der Waals surface area contributed by atoms with Crippen molar-refractivity contribution in [2.24, 2.45) is 5.11 Å². The smallest absolute Gasteiger partial charge is 0.0564 e. The summed E-state index contributed by atoms with van der Waals surface area (Å²) in [5.74, 6) is 0. The molecule has 0 unspecified atom stereocenters. The van der Waals surface area contributed by atoms with Gasteiger partial charge in [-0.15, -0.1) is 12.4 Å². The average Bonchev–Trinajstić information content (AvgIpc) is 2.67. The normalized spacial score (nSPS) is 10.4. The van der Waals surface area contributed by atoms with Crippen LogP contribution in [0.25, 0.3) is 43.7 Å². The van der Waals surface area contributed by atoms with Crippen molar-refractivity contribution in [1.82, 2.24) is 4.57 Å². The first kappa shape index (κ1) is 18.5. The molecule has 134 valence electrons. The zero-order valence-corrected chi connectivity index (χ0v) is 15.6. The van der Waals surface area contributed by atoms with Crippen molar-refractivity contribution in [3.8, 4) is 22.5 Å². The summed E-state index contributed by atoms with van der Waals surface area (Å²) in [5.41, 5.74) is 13.7. The molecule has 5 nitrogen and oxygen atoms in total. The number of fused-ring (bicyclic) bond motifs is 3. The molecule has 0 saturated heterocycles. The molecule has 0 bridgehead atoms. The zero-order chi connectivity index (χ0) is 18.1. The van der Waals surface area contributed by atoms with E-state index in [4.69, 9.17) is 10.9 Å². The average molecular weight is 376 g/mol. The number of benzene rings is 3. The van der Waals surface area contributed by atoms with E-state index in [1.165, 1.54) is 0 Å². The summed E-state index contributed by atoms with van der Waals surface area (Å²) in [4.78, 5) is 2.93. The fourth-order valence-corrected chi connectivity index (χ4v) is 3.56. The molecule has 1 aliphatic heterocycles. The van der Waals surface area contributed by atoms with E-state index in [0.29, 0.717) is 11.0 Å². The Morgan fingerprint density at radius 3 is 2.48 bits per heavy atom. The lowest BCUT2D eigenvalue weighted by atomic mass is 9.95. The standard InChI is InChI=1S/C21H17N5.ClH/c1-2-26-20-12-15(22)8-10-18(20)17-11-9-16(24-25-23)13-19(17)21(26)14-6-4-3-5-7-14;/h3-13,22H,2H2,1H3;1H. The van der Waals surface area contributed by atoms with Crippen LogP contribution in [0.5, 0.6) is 0 Å². The van der Waals surface area contributed by atoms with Crippen LogP contribution in [-0.4, -0.2) is 4.57 Å². The molecule has 1 aliphatic carbocycles. The molecule has 2 aliphatic rings. The molecule has 0 aromatic heterocycles. The van der Waals surface area contributed by atoms with Gasteiger partial charge in [0, 0.05) is 28.1 Å². The Kier molecular flexibility index (Phi) is 5.17. The van der Waals surface area contributed by atoms with Gasteiger partial charge < -0.3 is 9.98 Å². The maximum absolute atomic E-state index is 8.81. The Hall–Kier alpha value is -3.27. The summed E-state index contributed by atoms with van der Waals surface area (Å²) in [5, 5.41) is 14.4. The van der Waals surface area contributed by atoms with Gasteiger partial charge in [-0.05, 0) is 41.6 Å². The topological polar surface area (TPSA) is 77.5 Å². The number of pyridine rings is 1. The van der Waals surface area contributed by atoms with E-state index in [9.17, 15) is 0 Å². The van der Waals surface area contributed by atoms with E-state index < -0.39 is 0 Å². The predicted octanol–water partition coefficient (Wildman–Crippen LogP) is 6.28. The van der Waals surface area contributed by atoms with Gasteiger partial charge in [-0.1, -0.05) is 53.6 Å². The van der Waals surface area contributed by atoms with Gasteiger partial charge in [0.25, 0.3) is 0 Å². The highest BCUT2D eigenvalue weighted by Gasteiger charge is 2.17. The molecule has 0 spiro atoms. The molecule has 0 radical (unpaired) electrons. The molecule has 27 heavy (non-hydrogen) atoms. The molecular formula is C21H18ClN5. The fraction of sp³-hybridized carbons (Fsp3) is 0.0952. The molecule has 0 atom stereocenters. The van der Waals surface area contributed by atoms with Crippen molar-refractivity contribution in [3.63, 3.8) is 0 Å². The first-order valence-electron chi connectivity index (χ1n) is 8.48. The van der Waals surface area contributed by atoms with Crippen LogP contribution < -0.4 is 5.36 Å². The number of azide groups is 1. The molecule has 1 heterocycles. The number of aromatic nitrogens is 1. The van der Waals surface area contributed by atoms with Crippen LogP contribution in [0.4, 0.5) is 5.69 Å². The largest absolute Gasteiger partial charge is 0.340 e. The Morgan fingerprint density at radius 2 is 1.78 bits per heavy atom. The molecular weight excluding hydrogens is 358 g/mol. The molecule has 0 amide bonds. The molecule has 0 saturated carbocycles. The van der Waals surface area contributed by atoms with Crippen LogP contribution in [0.3, 0.4) is 0 Å². The molecule has 1 N–H and O–H groups in total. The van der Waals surface area contributed by atoms with Gasteiger partial charge in [0.15, 0.2) is 0 Å². The third-order valence-electron chi connectivity index (χ3n) is 4.63. The fourth-order valence-electron chi connectivity index (χ4n) is 3.56. The molecule has 2 aromatic carbocycles. The first-order valence-corrected chi connectivity index (χ1v) is 8.48. The lowest BCUT2D eigenvalue weighted by molar-refractivity contribution is 0.776. The van der Waals surface area contributed by atoms with E-state index in [1.54, 1.807) is 0 Å². The van der Waals surface area contributed by atoms with Crippen molar-refractivity contribution in [2.45, 2.75) is 13.5 Å². The predicted molar refractivity (Wildman–Crippen MR) is 112 cm³/mol. The highest BCUT2D eigenvalue weighted by Crippen LogP contribution is 2.39. The SMILES string of the molecule is CCn1c2cc(=N)ccc-2c2ccc(N=[N+]=[N-])cc2c1-c1ccccc1.Cl. The van der Waals surface area contributed by atoms with Crippen molar-refractivity contribution >= 4 is 28.9 Å². The van der Waals surface area contributed by atoms with E-state index in [-0.39, 0.29) is 12.4 Å². The van der Waals surface area contributed by atoms with Gasteiger partial charge in [-0.25, -0.2) is 0 Å². The number of hydrogen-bond donors (Lipinski definition) is 1. The van der Waals surface area contributed by atoms with Crippen LogP contribution in [0.1, 0.15) is 6.92 Å². The molecule has 6 heteroatoms. The zero-order valence-electron chi connectivity index (χ0n) is 14.8. The van der Waals surface area contributed by atoms with Gasteiger partial charge in [-0.3, -0.25) is 0 Å². The van der Waals surface area contributed by atoms with E-state index >= 15 is 0 Å². The van der Waals surface area contributed by atoms with Gasteiger partial charge in [0.05, 0.1) is 16.7 Å². The van der Waals surface area contributed by atoms with Gasteiger partial charge in [0.1, 0.15) is 0 Å². The Balaban J connectivity index is 0.00000210.